The summed E-state index contributed by atoms with van der Waals surface area (Å²) < 4.78 is -1.12. The Labute approximate surface area is 432 Å². The fourth-order valence-corrected chi connectivity index (χ4v) is 7.91. The molecule has 0 spiro atoms. The molecule has 0 radical (unpaired) electrons. The number of nitrogens with one attached hydrogen (secondary N) is 8. The Bertz CT molecular complexity index is 1970. The van der Waals surface area contributed by atoms with Crippen LogP contribution in [-0.2, 0) is 52.7 Å². The number of hydrogen-bond donors (Lipinski definition) is 12. The first-order valence-corrected chi connectivity index (χ1v) is 25.8. The lowest BCUT2D eigenvalue weighted by Gasteiger charge is -2.35. The van der Waals surface area contributed by atoms with Crippen molar-refractivity contribution in [2.24, 2.45) is 28.1 Å². The van der Waals surface area contributed by atoms with E-state index in [0.29, 0.717) is 32.2 Å². The van der Waals surface area contributed by atoms with Crippen LogP contribution in [0, 0.1) is 5.92 Å². The van der Waals surface area contributed by atoms with Crippen LogP contribution in [0.2, 0.25) is 0 Å². The maximum absolute atomic E-state index is 14.2. The fraction of sp³-hybridized carbons (Fsp3) is 0.739. The molecule has 0 aromatic heterocycles. The summed E-state index contributed by atoms with van der Waals surface area (Å²) in [4.78, 5) is 152. The molecule has 0 saturated carbocycles. The molecular formula is C46H82N14O12S. The standard InChI is InChI=1S/C46H82N14O12S/c1-11-16-28(38(66)56-35(25(4)12-2)41(69)55-30(17-14-21-51-45(48)49)44(72)60-22-15-18-31(60)40(68)50-13-3)54-42(70)36(26(5)61)57-43(71)37(46(7,8)73-10)58-39(67)29(19-20-32(47)63)53-33(64)23-52-34(65)24-59(9)27(6)62/h25-26,28-31,35-37,61H,11-24H2,1-10H3,(H2,47,63)(H,50,68)(H,52,65)(H,53,64)(H,54,70)(H,55,69)(H,56,66)(H,57,71)(H,58,67)(H4,48,49,51)/t25-,26+,28-,29-,30-,31-,35-,36-,37-/m0/s1. The van der Waals surface area contributed by atoms with Crippen molar-refractivity contribution in [2.75, 3.05) is 46.0 Å². The molecule has 1 rings (SSSR count). The zero-order chi connectivity index (χ0) is 55.7. The highest BCUT2D eigenvalue weighted by Gasteiger charge is 2.42. The smallest absolute Gasteiger partial charge is 0.245 e. The number of likely N-dealkylation sites (N-methyl/N-ethyl adjacent to an activating group) is 2. The van der Waals surface area contributed by atoms with E-state index in [2.05, 4.69) is 47.5 Å². The maximum atomic E-state index is 14.2. The predicted octanol–water partition coefficient (Wildman–Crippen LogP) is -3.70. The summed E-state index contributed by atoms with van der Waals surface area (Å²) in [5.74, 6) is -8.52. The Morgan fingerprint density at radius 3 is 1.90 bits per heavy atom. The van der Waals surface area contributed by atoms with Gasteiger partial charge in [-0.3, -0.25) is 57.7 Å². The van der Waals surface area contributed by atoms with Gasteiger partial charge in [-0.1, -0.05) is 33.6 Å². The highest BCUT2D eigenvalue weighted by atomic mass is 32.2. The highest BCUT2D eigenvalue weighted by Crippen LogP contribution is 2.26. The molecule has 73 heavy (non-hydrogen) atoms. The molecule has 9 atom stereocenters. The van der Waals surface area contributed by atoms with E-state index < -0.39 is 125 Å². The summed E-state index contributed by atoms with van der Waals surface area (Å²) in [7, 11) is 1.38. The number of aliphatic hydroxyl groups is 1. The highest BCUT2D eigenvalue weighted by molar-refractivity contribution is 8.00. The van der Waals surface area contributed by atoms with Gasteiger partial charge >= 0.3 is 0 Å². The number of aliphatic hydroxyl groups excluding tert-OH is 1. The van der Waals surface area contributed by atoms with Crippen molar-refractivity contribution in [1.29, 1.82) is 0 Å². The Morgan fingerprint density at radius 2 is 1.36 bits per heavy atom. The van der Waals surface area contributed by atoms with Gasteiger partial charge in [-0.2, -0.15) is 11.8 Å². The molecule has 15 N–H and O–H groups in total. The monoisotopic (exact) mass is 1050 g/mol. The van der Waals surface area contributed by atoms with Gasteiger partial charge in [0.05, 0.1) is 19.2 Å². The van der Waals surface area contributed by atoms with Gasteiger partial charge < -0.3 is 74.6 Å². The third kappa shape index (κ3) is 22.2. The lowest BCUT2D eigenvalue weighted by molar-refractivity contribution is -0.142. The van der Waals surface area contributed by atoms with E-state index >= 15 is 0 Å². The molecule has 1 aliphatic rings. The minimum Gasteiger partial charge on any atom is -0.391 e. The average Bonchev–Trinajstić information content (AvgIpc) is 3.82. The molecule has 0 aromatic carbocycles. The third-order valence-corrected chi connectivity index (χ3v) is 13.6. The number of primary amides is 1. The molecule has 0 bridgehead atoms. The number of nitrogens with two attached hydrogens (primary N) is 3. The molecule has 1 fully saturated rings. The first-order valence-electron chi connectivity index (χ1n) is 24.6. The molecule has 0 aliphatic carbocycles. The summed E-state index contributed by atoms with van der Waals surface area (Å²) >= 11 is 1.15. The van der Waals surface area contributed by atoms with Gasteiger partial charge in [-0.05, 0) is 78.4 Å². The summed E-state index contributed by atoms with van der Waals surface area (Å²) in [5.41, 5.74) is 16.3. The van der Waals surface area contributed by atoms with Crippen LogP contribution in [-0.4, -0.2) is 185 Å². The topological polar surface area (TPSA) is 401 Å². The number of guanidine groups is 1. The number of hydrogen-bond acceptors (Lipinski definition) is 14. The van der Waals surface area contributed by atoms with E-state index in [1.807, 2.05) is 0 Å². The van der Waals surface area contributed by atoms with Gasteiger partial charge in [0.15, 0.2) is 5.96 Å². The zero-order valence-electron chi connectivity index (χ0n) is 44.0. The van der Waals surface area contributed by atoms with Crippen molar-refractivity contribution < 1.29 is 57.8 Å². The van der Waals surface area contributed by atoms with Gasteiger partial charge in [0, 0.05) is 44.8 Å². The van der Waals surface area contributed by atoms with Crippen LogP contribution in [0.25, 0.3) is 0 Å². The normalized spacial score (nSPS) is 16.5. The van der Waals surface area contributed by atoms with E-state index in [0.717, 1.165) is 16.7 Å². The second-order valence-corrected chi connectivity index (χ2v) is 20.0. The molecule has 1 saturated heterocycles. The van der Waals surface area contributed by atoms with E-state index in [-0.39, 0.29) is 63.6 Å². The summed E-state index contributed by atoms with van der Waals surface area (Å²) in [6.45, 7) is 12.5. The number of nitrogens with zero attached hydrogens (tertiary/aromatic N) is 3. The van der Waals surface area contributed by atoms with Crippen molar-refractivity contribution in [3.8, 4) is 0 Å². The summed E-state index contributed by atoms with van der Waals surface area (Å²) in [6, 6.07) is -9.01. The number of carbonyl (C=O) groups excluding carboxylic acids is 11. The average molecular weight is 1060 g/mol. The minimum atomic E-state index is -1.71. The van der Waals surface area contributed by atoms with Crippen LogP contribution in [0.5, 0.6) is 0 Å². The largest absolute Gasteiger partial charge is 0.391 e. The van der Waals surface area contributed by atoms with Gasteiger partial charge in [0.1, 0.15) is 42.3 Å². The van der Waals surface area contributed by atoms with E-state index in [4.69, 9.17) is 17.2 Å². The molecule has 414 valence electrons. The zero-order valence-corrected chi connectivity index (χ0v) is 44.8. The Hall–Kier alpha value is -6.25. The van der Waals surface area contributed by atoms with E-state index in [9.17, 15) is 57.8 Å². The van der Waals surface area contributed by atoms with Gasteiger partial charge in [-0.15, -0.1) is 0 Å². The van der Waals surface area contributed by atoms with Crippen LogP contribution in [0.4, 0.5) is 0 Å². The number of thioether (sulfide) groups is 1. The maximum Gasteiger partial charge on any atom is 0.245 e. The minimum absolute atomic E-state index is 0.0463. The Morgan fingerprint density at radius 1 is 0.767 bits per heavy atom. The number of carbonyl (C=O) groups is 11. The summed E-state index contributed by atoms with van der Waals surface area (Å²) in [6.07, 6.45) is 1.59. The number of aliphatic imine (C=N–C) groups is 1. The lowest BCUT2D eigenvalue weighted by atomic mass is 9.96. The van der Waals surface area contributed by atoms with Crippen molar-refractivity contribution in [3.05, 3.63) is 0 Å². The quantitative estimate of drug-likeness (QED) is 0.0175. The van der Waals surface area contributed by atoms with Crippen LogP contribution in [0.3, 0.4) is 0 Å². The SMILES string of the molecule is CCC[C@H](NC(=O)[C@@H](NC(=O)[C@H](NC(=O)[C@H](CCC(N)=O)NC(=O)CNC(=O)CN(C)C(C)=O)C(C)(C)SC)[C@@H](C)O)C(=O)N[C@H](C(=O)N[C@@H](CCCN=C(N)N)C(=O)N1CCC[C@H]1C(=O)NCC)[C@@H](C)CC. The second-order valence-electron chi connectivity index (χ2n) is 18.6. The fourth-order valence-electron chi connectivity index (χ4n) is 7.51. The molecule has 11 amide bonds. The van der Waals surface area contributed by atoms with Crippen LogP contribution < -0.4 is 59.7 Å². The number of amides is 11. The Balaban J connectivity index is 3.40. The molecule has 1 aliphatic heterocycles. The lowest BCUT2D eigenvalue weighted by Crippen LogP contribution is -2.64. The van der Waals surface area contributed by atoms with Crippen LogP contribution in [0.1, 0.15) is 113 Å². The predicted molar refractivity (Wildman–Crippen MR) is 273 cm³/mol. The first-order chi connectivity index (χ1) is 34.1. The molecule has 0 aromatic rings. The van der Waals surface area contributed by atoms with E-state index in [1.54, 1.807) is 47.8 Å². The summed E-state index contributed by atoms with van der Waals surface area (Å²) in [5, 5.41) is 31.5. The molecule has 26 nitrogen and oxygen atoms in total. The first kappa shape index (κ1) is 64.8. The molecule has 27 heteroatoms. The van der Waals surface area contributed by atoms with Crippen molar-refractivity contribution in [2.45, 2.75) is 166 Å². The van der Waals surface area contributed by atoms with Crippen molar-refractivity contribution in [3.63, 3.8) is 0 Å². The Kier molecular flexibility index (Phi) is 28.4. The van der Waals surface area contributed by atoms with Gasteiger partial charge in [-0.25, -0.2) is 0 Å². The van der Waals surface area contributed by atoms with Gasteiger partial charge in [0.2, 0.25) is 65.0 Å². The third-order valence-electron chi connectivity index (χ3n) is 12.3. The second kappa shape index (κ2) is 32.0. The van der Waals surface area contributed by atoms with Crippen molar-refractivity contribution >= 4 is 82.7 Å². The van der Waals surface area contributed by atoms with Crippen molar-refractivity contribution in [1.82, 2.24) is 52.3 Å². The molecule has 0 unspecified atom stereocenters. The molecule has 1 heterocycles. The van der Waals surface area contributed by atoms with E-state index in [1.165, 1.54) is 25.8 Å². The van der Waals surface area contributed by atoms with Gasteiger partial charge in [0.25, 0.3) is 0 Å². The molecular weight excluding hydrogens is 973 g/mol. The number of likely N-dealkylation sites (tertiary alicyclic amines) is 1. The number of rotatable bonds is 32. The van der Waals surface area contributed by atoms with Crippen LogP contribution in [0.15, 0.2) is 4.99 Å². The van der Waals surface area contributed by atoms with Crippen LogP contribution >= 0.6 is 11.8 Å².